The molecule has 0 radical (unpaired) electrons. The third-order valence-corrected chi connectivity index (χ3v) is 9.69. The minimum atomic E-state index is -0.176. The van der Waals surface area contributed by atoms with Crippen LogP contribution >= 0.6 is 11.3 Å². The van der Waals surface area contributed by atoms with E-state index < -0.39 is 0 Å². The van der Waals surface area contributed by atoms with Crippen molar-refractivity contribution in [2.75, 3.05) is 5.32 Å². The van der Waals surface area contributed by atoms with Crippen molar-refractivity contribution in [3.63, 3.8) is 0 Å². The van der Waals surface area contributed by atoms with Crippen molar-refractivity contribution in [1.29, 1.82) is 0 Å². The molecule has 1 N–H and O–H groups in total. The van der Waals surface area contributed by atoms with Gasteiger partial charge < -0.3 is 5.32 Å². The highest BCUT2D eigenvalue weighted by Gasteiger charge is 2.54. The van der Waals surface area contributed by atoms with Gasteiger partial charge in [-0.3, -0.25) is 4.79 Å². The Balaban J connectivity index is 1.21. The summed E-state index contributed by atoms with van der Waals surface area (Å²) < 4.78 is 0. The Morgan fingerprint density at radius 2 is 1.19 bits per heavy atom. The smallest absolute Gasteiger partial charge is 0.232 e. The maximum Gasteiger partial charge on any atom is 0.232 e. The molecule has 0 spiro atoms. The zero-order chi connectivity index (χ0) is 24.1. The van der Waals surface area contributed by atoms with Crippen molar-refractivity contribution >= 4 is 22.4 Å². The molecule has 4 saturated carbocycles. The average molecular weight is 491 g/mol. The number of thiazole rings is 1. The Labute approximate surface area is 216 Å². The number of aromatic nitrogens is 1. The van der Waals surface area contributed by atoms with Gasteiger partial charge in [0.05, 0.1) is 16.0 Å². The van der Waals surface area contributed by atoms with Gasteiger partial charge in [0, 0.05) is 5.56 Å². The highest BCUT2D eigenvalue weighted by Crippen LogP contribution is 2.60. The van der Waals surface area contributed by atoms with Gasteiger partial charge in [-0.15, -0.1) is 0 Å². The Hall–Kier alpha value is -3.24. The van der Waals surface area contributed by atoms with Gasteiger partial charge in [0.25, 0.3) is 0 Å². The number of hydrogen-bond donors (Lipinski definition) is 1. The van der Waals surface area contributed by atoms with Crippen molar-refractivity contribution in [1.82, 2.24) is 4.98 Å². The SMILES string of the molecule is O=C(Nc1nc(-c2ccc(-c3ccccc3)cc2)c(-c2ccccc2)s1)C12CC3CC(CC(C3)C1)C2. The van der Waals surface area contributed by atoms with E-state index in [2.05, 4.69) is 78.1 Å². The van der Waals surface area contributed by atoms with Crippen molar-refractivity contribution in [3.05, 3.63) is 84.9 Å². The molecule has 0 saturated heterocycles. The van der Waals surface area contributed by atoms with Crippen molar-refractivity contribution in [2.24, 2.45) is 23.2 Å². The minimum absolute atomic E-state index is 0.176. The van der Waals surface area contributed by atoms with Gasteiger partial charge in [-0.1, -0.05) is 96.3 Å². The number of nitrogens with one attached hydrogen (secondary N) is 1. The maximum atomic E-state index is 13.7. The quantitative estimate of drug-likeness (QED) is 0.306. The van der Waals surface area contributed by atoms with Crippen LogP contribution < -0.4 is 5.32 Å². The number of amides is 1. The predicted molar refractivity (Wildman–Crippen MR) is 148 cm³/mol. The third kappa shape index (κ3) is 3.88. The lowest BCUT2D eigenvalue weighted by atomic mass is 9.49. The topological polar surface area (TPSA) is 42.0 Å². The number of benzene rings is 3. The summed E-state index contributed by atoms with van der Waals surface area (Å²) in [6.07, 6.45) is 7.21. The fourth-order valence-electron chi connectivity index (χ4n) is 7.42. The first-order chi connectivity index (χ1) is 17.6. The monoisotopic (exact) mass is 490 g/mol. The number of carbonyl (C=O) groups excluding carboxylic acids is 1. The van der Waals surface area contributed by atoms with Crippen LogP contribution in [0.5, 0.6) is 0 Å². The largest absolute Gasteiger partial charge is 0.301 e. The van der Waals surface area contributed by atoms with Crippen molar-refractivity contribution < 1.29 is 4.79 Å². The average Bonchev–Trinajstić information content (AvgIpc) is 3.33. The molecule has 0 aliphatic heterocycles. The Kier molecular flexibility index (Phi) is 5.32. The van der Waals surface area contributed by atoms with Crippen LogP contribution in [0, 0.1) is 23.2 Å². The van der Waals surface area contributed by atoms with Crippen LogP contribution in [0.4, 0.5) is 5.13 Å². The van der Waals surface area contributed by atoms with E-state index in [9.17, 15) is 4.79 Å². The maximum absolute atomic E-state index is 13.7. The number of nitrogens with zero attached hydrogens (tertiary/aromatic N) is 1. The lowest BCUT2D eigenvalue weighted by Gasteiger charge is -2.55. The number of carbonyl (C=O) groups is 1. The molecule has 4 aromatic rings. The van der Waals surface area contributed by atoms with E-state index in [0.29, 0.717) is 0 Å². The van der Waals surface area contributed by atoms with E-state index in [-0.39, 0.29) is 11.3 Å². The molecule has 4 fully saturated rings. The van der Waals surface area contributed by atoms with Crippen LogP contribution in [0.15, 0.2) is 84.9 Å². The molecule has 180 valence electrons. The van der Waals surface area contributed by atoms with E-state index >= 15 is 0 Å². The summed E-state index contributed by atoms with van der Waals surface area (Å²) in [6.45, 7) is 0. The minimum Gasteiger partial charge on any atom is -0.301 e. The highest BCUT2D eigenvalue weighted by atomic mass is 32.1. The molecule has 1 aromatic heterocycles. The predicted octanol–water partition coefficient (Wildman–Crippen LogP) is 8.30. The Bertz CT molecular complexity index is 1360. The van der Waals surface area contributed by atoms with Crippen LogP contribution in [0.25, 0.3) is 32.8 Å². The second-order valence-electron chi connectivity index (χ2n) is 11.2. The molecule has 4 aliphatic rings. The second kappa shape index (κ2) is 8.70. The number of anilines is 1. The molecule has 0 unspecified atom stereocenters. The first-order valence-corrected chi connectivity index (χ1v) is 14.0. The molecule has 8 rings (SSSR count). The zero-order valence-electron chi connectivity index (χ0n) is 20.3. The van der Waals surface area contributed by atoms with Crippen LogP contribution in [-0.2, 0) is 4.79 Å². The normalized spacial score (nSPS) is 26.2. The van der Waals surface area contributed by atoms with Gasteiger partial charge in [0.15, 0.2) is 5.13 Å². The molecule has 4 heteroatoms. The molecule has 3 aromatic carbocycles. The Morgan fingerprint density at radius 3 is 1.78 bits per heavy atom. The van der Waals surface area contributed by atoms with Gasteiger partial charge in [0.2, 0.25) is 5.91 Å². The van der Waals surface area contributed by atoms with Crippen LogP contribution in [0.3, 0.4) is 0 Å². The lowest BCUT2D eigenvalue weighted by molar-refractivity contribution is -0.140. The molecule has 1 heterocycles. The van der Waals surface area contributed by atoms with E-state index in [1.54, 1.807) is 11.3 Å². The van der Waals surface area contributed by atoms with Crippen molar-refractivity contribution in [3.8, 4) is 32.8 Å². The molecular weight excluding hydrogens is 460 g/mol. The molecule has 1 amide bonds. The summed E-state index contributed by atoms with van der Waals surface area (Å²) in [5.74, 6) is 2.45. The first-order valence-electron chi connectivity index (χ1n) is 13.2. The molecule has 36 heavy (non-hydrogen) atoms. The summed E-state index contributed by atoms with van der Waals surface area (Å²) in [5.41, 5.74) is 5.35. The van der Waals surface area contributed by atoms with E-state index in [1.807, 2.05) is 12.1 Å². The van der Waals surface area contributed by atoms with E-state index in [0.717, 1.165) is 63.8 Å². The Morgan fingerprint density at radius 1 is 0.694 bits per heavy atom. The highest BCUT2D eigenvalue weighted by molar-refractivity contribution is 7.19. The fraction of sp³-hybridized carbons (Fsp3) is 0.312. The summed E-state index contributed by atoms with van der Waals surface area (Å²) in [4.78, 5) is 19.8. The lowest BCUT2D eigenvalue weighted by Crippen LogP contribution is -2.51. The van der Waals surface area contributed by atoms with Crippen LogP contribution in [0.1, 0.15) is 38.5 Å². The molecule has 0 atom stereocenters. The first kappa shape index (κ1) is 22.0. The number of rotatable bonds is 5. The van der Waals surface area contributed by atoms with Gasteiger partial charge in [-0.05, 0) is 73.0 Å². The van der Waals surface area contributed by atoms with Gasteiger partial charge in [-0.25, -0.2) is 4.98 Å². The molecule has 3 nitrogen and oxygen atoms in total. The summed E-state index contributed by atoms with van der Waals surface area (Å²) in [7, 11) is 0. The van der Waals surface area contributed by atoms with Gasteiger partial charge in [-0.2, -0.15) is 0 Å². The third-order valence-electron chi connectivity index (χ3n) is 8.67. The molecule has 4 bridgehead atoms. The van der Waals surface area contributed by atoms with Crippen molar-refractivity contribution in [2.45, 2.75) is 38.5 Å². The molecular formula is C32H30N2OS. The summed E-state index contributed by atoms with van der Waals surface area (Å²) >= 11 is 1.60. The second-order valence-corrected chi connectivity index (χ2v) is 12.2. The summed E-state index contributed by atoms with van der Waals surface area (Å²) in [5, 5.41) is 4.02. The van der Waals surface area contributed by atoms with E-state index in [1.165, 1.54) is 30.4 Å². The van der Waals surface area contributed by atoms with Crippen LogP contribution in [0.2, 0.25) is 0 Å². The standard InChI is InChI=1S/C32H30N2OS/c35-30(32-18-21-15-22(19-32)17-23(16-21)20-32)34-31-33-28(29(36-31)27-9-5-2-6-10-27)26-13-11-25(12-14-26)24-7-3-1-4-8-24/h1-14,21-23H,15-20H2,(H,33,34,35). The van der Waals surface area contributed by atoms with Crippen LogP contribution in [-0.4, -0.2) is 10.9 Å². The molecule has 4 aliphatic carbocycles. The fourth-order valence-corrected chi connectivity index (χ4v) is 8.41. The zero-order valence-corrected chi connectivity index (χ0v) is 21.1. The summed E-state index contributed by atoms with van der Waals surface area (Å²) in [6, 6.07) is 29.5. The van der Waals surface area contributed by atoms with Gasteiger partial charge in [0.1, 0.15) is 0 Å². The van der Waals surface area contributed by atoms with Gasteiger partial charge >= 0.3 is 0 Å². The van der Waals surface area contributed by atoms with E-state index in [4.69, 9.17) is 4.98 Å². The number of hydrogen-bond acceptors (Lipinski definition) is 3.